The van der Waals surface area contributed by atoms with Crippen LogP contribution in [0.1, 0.15) is 6.42 Å². The molecule has 1 aliphatic rings. The minimum absolute atomic E-state index is 0.0623. The Morgan fingerprint density at radius 2 is 2.37 bits per heavy atom. The smallest absolute Gasteiger partial charge is 0.305 e. The lowest BCUT2D eigenvalue weighted by molar-refractivity contribution is -0.139. The molecule has 1 aromatic heterocycles. The van der Waals surface area contributed by atoms with Crippen LogP contribution in [0.4, 0.5) is 0 Å². The van der Waals surface area contributed by atoms with Crippen molar-refractivity contribution in [1.29, 1.82) is 0 Å². The van der Waals surface area contributed by atoms with Crippen molar-refractivity contribution in [2.75, 3.05) is 19.8 Å². The summed E-state index contributed by atoms with van der Waals surface area (Å²) >= 11 is 0. The van der Waals surface area contributed by atoms with Crippen molar-refractivity contribution in [2.45, 2.75) is 17.4 Å². The Morgan fingerprint density at radius 3 is 2.95 bits per heavy atom. The first-order valence-electron chi connectivity index (χ1n) is 5.71. The molecule has 106 valence electrons. The quantitative estimate of drug-likeness (QED) is 0.785. The van der Waals surface area contributed by atoms with Crippen molar-refractivity contribution in [1.82, 2.24) is 14.1 Å². The topological polar surface area (TPSA) is 102 Å². The average molecular weight is 289 g/mol. The van der Waals surface area contributed by atoms with E-state index in [9.17, 15) is 13.2 Å². The third-order valence-corrected chi connectivity index (χ3v) is 4.78. The molecular weight excluding hydrogens is 274 g/mol. The number of carbonyl (C=O) groups is 1. The van der Waals surface area contributed by atoms with Crippen molar-refractivity contribution in [3.05, 3.63) is 12.4 Å². The van der Waals surface area contributed by atoms with Crippen LogP contribution in [0.25, 0.3) is 0 Å². The number of ether oxygens (including phenoxy) is 1. The summed E-state index contributed by atoms with van der Waals surface area (Å²) in [6.07, 6.45) is 2.37. The molecule has 0 spiro atoms. The fourth-order valence-electron chi connectivity index (χ4n) is 1.99. The lowest BCUT2D eigenvalue weighted by Crippen LogP contribution is -2.49. The number of carboxylic acids is 1. The Bertz CT molecular complexity index is 567. The first kappa shape index (κ1) is 14.0. The molecule has 1 N–H and O–H groups in total. The minimum Gasteiger partial charge on any atom is -0.481 e. The van der Waals surface area contributed by atoms with Gasteiger partial charge in [-0.3, -0.25) is 9.48 Å². The summed E-state index contributed by atoms with van der Waals surface area (Å²) in [4.78, 5) is 10.8. The van der Waals surface area contributed by atoms with Gasteiger partial charge in [-0.1, -0.05) is 0 Å². The van der Waals surface area contributed by atoms with Gasteiger partial charge in [0.05, 0.1) is 31.9 Å². The first-order valence-corrected chi connectivity index (χ1v) is 7.15. The number of aryl methyl sites for hydroxylation is 1. The van der Waals surface area contributed by atoms with E-state index in [0.717, 1.165) is 0 Å². The third-order valence-electron chi connectivity index (χ3n) is 2.87. The van der Waals surface area contributed by atoms with Crippen molar-refractivity contribution in [3.8, 4) is 0 Å². The van der Waals surface area contributed by atoms with Gasteiger partial charge in [0.25, 0.3) is 0 Å². The van der Waals surface area contributed by atoms with E-state index >= 15 is 0 Å². The summed E-state index contributed by atoms with van der Waals surface area (Å²) < 4.78 is 32.6. The van der Waals surface area contributed by atoms with Crippen LogP contribution in [-0.4, -0.2) is 59.4 Å². The Morgan fingerprint density at radius 1 is 1.63 bits per heavy atom. The highest BCUT2D eigenvalue weighted by atomic mass is 32.2. The predicted molar refractivity (Wildman–Crippen MR) is 64.0 cm³/mol. The summed E-state index contributed by atoms with van der Waals surface area (Å²) in [6.45, 7) is 0.497. The third kappa shape index (κ3) is 2.94. The van der Waals surface area contributed by atoms with Crippen molar-refractivity contribution in [3.63, 3.8) is 0 Å². The molecule has 19 heavy (non-hydrogen) atoms. The minimum atomic E-state index is -3.73. The van der Waals surface area contributed by atoms with Crippen LogP contribution in [0.2, 0.25) is 0 Å². The Balaban J connectivity index is 2.28. The molecule has 0 aliphatic carbocycles. The van der Waals surface area contributed by atoms with E-state index in [1.165, 1.54) is 21.4 Å². The van der Waals surface area contributed by atoms with Gasteiger partial charge in [-0.05, 0) is 0 Å². The number of aliphatic carboxylic acids is 1. The van der Waals surface area contributed by atoms with Gasteiger partial charge >= 0.3 is 5.97 Å². The lowest BCUT2D eigenvalue weighted by Gasteiger charge is -2.33. The second-order valence-corrected chi connectivity index (χ2v) is 6.18. The van der Waals surface area contributed by atoms with Gasteiger partial charge in [-0.2, -0.15) is 9.40 Å². The highest BCUT2D eigenvalue weighted by Crippen LogP contribution is 2.21. The van der Waals surface area contributed by atoms with Crippen LogP contribution in [0, 0.1) is 0 Å². The van der Waals surface area contributed by atoms with E-state index in [1.54, 1.807) is 7.05 Å². The molecule has 1 fully saturated rings. The lowest BCUT2D eigenvalue weighted by atomic mass is 10.2. The molecule has 0 radical (unpaired) electrons. The number of sulfonamides is 1. The van der Waals surface area contributed by atoms with Gasteiger partial charge in [-0.15, -0.1) is 0 Å². The standard InChI is InChI=1S/C10H15N3O5S/c1-12-6-9(5-11-12)19(16,17)13-2-3-18-7-8(13)4-10(14)15/h5-6,8H,2-4,7H2,1H3,(H,14,15). The molecule has 1 unspecified atom stereocenters. The van der Waals surface area contributed by atoms with Crippen LogP contribution in [0.5, 0.6) is 0 Å². The summed E-state index contributed by atoms with van der Waals surface area (Å²) in [5.74, 6) is -1.05. The van der Waals surface area contributed by atoms with Crippen molar-refractivity contribution in [2.24, 2.45) is 7.05 Å². The Hall–Kier alpha value is -1.45. The van der Waals surface area contributed by atoms with E-state index in [-0.39, 0.29) is 31.1 Å². The van der Waals surface area contributed by atoms with Gasteiger partial charge in [0.1, 0.15) is 4.90 Å². The zero-order valence-corrected chi connectivity index (χ0v) is 11.2. The zero-order chi connectivity index (χ0) is 14.0. The molecule has 1 aromatic rings. The van der Waals surface area contributed by atoms with Crippen LogP contribution >= 0.6 is 0 Å². The summed E-state index contributed by atoms with van der Waals surface area (Å²) in [5.41, 5.74) is 0. The van der Waals surface area contributed by atoms with Crippen LogP contribution in [0.3, 0.4) is 0 Å². The van der Waals surface area contributed by atoms with Gasteiger partial charge in [0.15, 0.2) is 0 Å². The van der Waals surface area contributed by atoms with Crippen LogP contribution in [0.15, 0.2) is 17.3 Å². The summed E-state index contributed by atoms with van der Waals surface area (Å²) in [6, 6.07) is -0.684. The molecule has 8 nitrogen and oxygen atoms in total. The molecule has 1 aliphatic heterocycles. The zero-order valence-electron chi connectivity index (χ0n) is 10.4. The number of morpholine rings is 1. The number of aromatic nitrogens is 2. The van der Waals surface area contributed by atoms with E-state index in [2.05, 4.69) is 5.10 Å². The number of rotatable bonds is 4. The van der Waals surface area contributed by atoms with E-state index in [4.69, 9.17) is 9.84 Å². The predicted octanol–water partition coefficient (Wildman–Crippen LogP) is -0.716. The van der Waals surface area contributed by atoms with Gasteiger partial charge in [-0.25, -0.2) is 8.42 Å². The first-order chi connectivity index (χ1) is 8.91. The van der Waals surface area contributed by atoms with Crippen LogP contribution in [-0.2, 0) is 26.6 Å². The molecule has 0 bridgehead atoms. The summed E-state index contributed by atoms with van der Waals surface area (Å²) in [7, 11) is -2.11. The molecule has 2 rings (SSSR count). The summed E-state index contributed by atoms with van der Waals surface area (Å²) in [5, 5.41) is 12.7. The molecule has 0 saturated carbocycles. The van der Waals surface area contributed by atoms with E-state index < -0.39 is 22.0 Å². The highest BCUT2D eigenvalue weighted by Gasteiger charge is 2.35. The molecule has 9 heteroatoms. The number of hydrogen-bond acceptors (Lipinski definition) is 5. The van der Waals surface area contributed by atoms with Crippen LogP contribution < -0.4 is 0 Å². The monoisotopic (exact) mass is 289 g/mol. The average Bonchev–Trinajstić information content (AvgIpc) is 2.76. The fourth-order valence-corrected chi connectivity index (χ4v) is 3.57. The molecule has 1 saturated heterocycles. The van der Waals surface area contributed by atoms with Gasteiger partial charge in [0.2, 0.25) is 10.0 Å². The van der Waals surface area contributed by atoms with Crippen molar-refractivity contribution >= 4 is 16.0 Å². The molecular formula is C10H15N3O5S. The van der Waals surface area contributed by atoms with E-state index in [1.807, 2.05) is 0 Å². The maximum absolute atomic E-state index is 12.4. The van der Waals surface area contributed by atoms with Crippen molar-refractivity contribution < 1.29 is 23.1 Å². The Labute approximate surface area is 110 Å². The van der Waals surface area contributed by atoms with E-state index in [0.29, 0.717) is 0 Å². The SMILES string of the molecule is Cn1cc(S(=O)(=O)N2CCOCC2CC(=O)O)cn1. The normalized spacial score (nSPS) is 21.4. The fraction of sp³-hybridized carbons (Fsp3) is 0.600. The largest absolute Gasteiger partial charge is 0.481 e. The van der Waals surface area contributed by atoms with Gasteiger partial charge < -0.3 is 9.84 Å². The molecule has 2 heterocycles. The molecule has 0 amide bonds. The number of nitrogens with zero attached hydrogens (tertiary/aromatic N) is 3. The maximum atomic E-state index is 12.4. The highest BCUT2D eigenvalue weighted by molar-refractivity contribution is 7.89. The second-order valence-electron chi connectivity index (χ2n) is 4.29. The second kappa shape index (κ2) is 5.27. The number of carboxylic acid groups (broad SMARTS) is 1. The van der Waals surface area contributed by atoms with Gasteiger partial charge in [0, 0.05) is 19.8 Å². The molecule has 1 atom stereocenters. The number of hydrogen-bond donors (Lipinski definition) is 1. The maximum Gasteiger partial charge on any atom is 0.305 e. The molecule has 0 aromatic carbocycles. The Kier molecular flexibility index (Phi) is 3.88.